The van der Waals surface area contributed by atoms with Crippen molar-refractivity contribution in [1.29, 1.82) is 0 Å². The van der Waals surface area contributed by atoms with E-state index < -0.39 is 16.0 Å². The molecule has 0 amide bonds. The molecule has 98 valence electrons. The summed E-state index contributed by atoms with van der Waals surface area (Å²) in [6.07, 6.45) is 0. The molecule has 2 nitrogen and oxygen atoms in total. The SMILES string of the molecule is Cc1cccc(S(=O)C(C)C(=O)c2ccccc2)c1. The van der Waals surface area contributed by atoms with Gasteiger partial charge in [0.25, 0.3) is 0 Å². The molecule has 0 aliphatic rings. The van der Waals surface area contributed by atoms with Crippen LogP contribution in [0.25, 0.3) is 0 Å². The van der Waals surface area contributed by atoms with E-state index in [9.17, 15) is 9.00 Å². The number of aryl methyl sites for hydroxylation is 1. The highest BCUT2D eigenvalue weighted by atomic mass is 32.2. The fourth-order valence-electron chi connectivity index (χ4n) is 1.88. The summed E-state index contributed by atoms with van der Waals surface area (Å²) >= 11 is 0. The van der Waals surface area contributed by atoms with Crippen LogP contribution in [0.1, 0.15) is 22.8 Å². The second-order valence-corrected chi connectivity index (χ2v) is 6.26. The molecule has 0 aliphatic heterocycles. The van der Waals surface area contributed by atoms with E-state index in [0.29, 0.717) is 10.5 Å². The first-order chi connectivity index (χ1) is 9.09. The standard InChI is InChI=1S/C16H16O2S/c1-12-7-6-10-15(11-12)19(18)13(2)16(17)14-8-4-3-5-9-14/h3-11,13H,1-2H3. The zero-order valence-electron chi connectivity index (χ0n) is 11.0. The average Bonchev–Trinajstić information content (AvgIpc) is 2.46. The predicted molar refractivity (Wildman–Crippen MR) is 77.8 cm³/mol. The zero-order chi connectivity index (χ0) is 13.8. The van der Waals surface area contributed by atoms with Gasteiger partial charge in [0.2, 0.25) is 0 Å². The van der Waals surface area contributed by atoms with Crippen LogP contribution in [0.3, 0.4) is 0 Å². The van der Waals surface area contributed by atoms with Gasteiger partial charge in [0, 0.05) is 10.5 Å². The minimum absolute atomic E-state index is 0.0829. The van der Waals surface area contributed by atoms with Crippen LogP contribution in [0, 0.1) is 6.92 Å². The maximum atomic E-state index is 12.4. The number of Topliss-reactive ketones (excluding diaryl/α,β-unsaturated/α-hetero) is 1. The molecule has 0 heterocycles. The van der Waals surface area contributed by atoms with Gasteiger partial charge < -0.3 is 0 Å². The van der Waals surface area contributed by atoms with Gasteiger partial charge in [0.15, 0.2) is 5.78 Å². The second-order valence-electron chi connectivity index (χ2n) is 4.49. The summed E-state index contributed by atoms with van der Waals surface area (Å²) in [5, 5.41) is -0.538. The Bertz CT molecular complexity index is 605. The third kappa shape index (κ3) is 3.18. The summed E-state index contributed by atoms with van der Waals surface area (Å²) in [6, 6.07) is 16.5. The summed E-state index contributed by atoms with van der Waals surface area (Å²) in [7, 11) is -1.32. The first-order valence-electron chi connectivity index (χ1n) is 6.16. The lowest BCUT2D eigenvalue weighted by molar-refractivity contribution is 0.0992. The van der Waals surface area contributed by atoms with Gasteiger partial charge >= 0.3 is 0 Å². The Kier molecular flexibility index (Phi) is 4.27. The summed E-state index contributed by atoms with van der Waals surface area (Å²) in [5.41, 5.74) is 1.65. The number of carbonyl (C=O) groups is 1. The molecule has 0 saturated carbocycles. The van der Waals surface area contributed by atoms with Crippen LogP contribution in [0.15, 0.2) is 59.5 Å². The van der Waals surface area contributed by atoms with E-state index in [1.807, 2.05) is 43.3 Å². The Labute approximate surface area is 115 Å². The van der Waals surface area contributed by atoms with Crippen LogP contribution in [0.4, 0.5) is 0 Å². The zero-order valence-corrected chi connectivity index (χ0v) is 11.8. The average molecular weight is 272 g/mol. The van der Waals surface area contributed by atoms with Crippen molar-refractivity contribution < 1.29 is 9.00 Å². The minimum Gasteiger partial charge on any atom is -0.293 e. The predicted octanol–water partition coefficient (Wildman–Crippen LogP) is 3.37. The highest BCUT2D eigenvalue weighted by Gasteiger charge is 2.22. The molecule has 0 aliphatic carbocycles. The van der Waals surface area contributed by atoms with E-state index in [-0.39, 0.29) is 5.78 Å². The summed E-state index contributed by atoms with van der Waals surface area (Å²) in [5.74, 6) is -0.0829. The lowest BCUT2D eigenvalue weighted by Crippen LogP contribution is -2.22. The number of carbonyl (C=O) groups excluding carboxylic acids is 1. The van der Waals surface area contributed by atoms with Crippen LogP contribution >= 0.6 is 0 Å². The fraction of sp³-hybridized carbons (Fsp3) is 0.188. The van der Waals surface area contributed by atoms with Crippen molar-refractivity contribution in [3.05, 3.63) is 65.7 Å². The van der Waals surface area contributed by atoms with Crippen molar-refractivity contribution in [2.45, 2.75) is 24.0 Å². The van der Waals surface area contributed by atoms with Crippen molar-refractivity contribution in [2.75, 3.05) is 0 Å². The topological polar surface area (TPSA) is 34.1 Å². The molecule has 19 heavy (non-hydrogen) atoms. The molecule has 0 radical (unpaired) electrons. The van der Waals surface area contributed by atoms with Crippen LogP contribution in [0.5, 0.6) is 0 Å². The van der Waals surface area contributed by atoms with Crippen LogP contribution in [-0.2, 0) is 10.8 Å². The molecule has 2 aromatic rings. The summed E-state index contributed by atoms with van der Waals surface area (Å²) < 4.78 is 12.4. The molecular formula is C16H16O2S. The molecule has 2 aromatic carbocycles. The third-order valence-electron chi connectivity index (χ3n) is 2.97. The number of hydrogen-bond donors (Lipinski definition) is 0. The van der Waals surface area contributed by atoms with Crippen LogP contribution in [-0.4, -0.2) is 15.2 Å². The number of ketones is 1. The molecule has 2 atom stereocenters. The largest absolute Gasteiger partial charge is 0.293 e. The summed E-state index contributed by atoms with van der Waals surface area (Å²) in [6.45, 7) is 3.66. The van der Waals surface area contributed by atoms with E-state index in [1.54, 1.807) is 25.1 Å². The first-order valence-corrected chi connectivity index (χ1v) is 7.37. The van der Waals surface area contributed by atoms with Gasteiger partial charge in [-0.2, -0.15) is 0 Å². The summed E-state index contributed by atoms with van der Waals surface area (Å²) in [4.78, 5) is 13.0. The molecule has 0 N–H and O–H groups in total. The smallest absolute Gasteiger partial charge is 0.178 e. The molecular weight excluding hydrogens is 256 g/mol. The molecule has 0 spiro atoms. The molecule has 0 fully saturated rings. The maximum Gasteiger partial charge on any atom is 0.178 e. The van der Waals surface area contributed by atoms with E-state index in [4.69, 9.17) is 0 Å². The Balaban J connectivity index is 2.23. The third-order valence-corrected chi connectivity index (χ3v) is 4.55. The van der Waals surface area contributed by atoms with Gasteiger partial charge in [0.1, 0.15) is 0 Å². The normalized spacial score (nSPS) is 13.8. The molecule has 2 rings (SSSR count). The van der Waals surface area contributed by atoms with E-state index >= 15 is 0 Å². The lowest BCUT2D eigenvalue weighted by Gasteiger charge is -2.11. The minimum atomic E-state index is -1.32. The Morgan fingerprint density at radius 3 is 2.37 bits per heavy atom. The van der Waals surface area contributed by atoms with Crippen molar-refractivity contribution in [3.63, 3.8) is 0 Å². The quantitative estimate of drug-likeness (QED) is 0.800. The monoisotopic (exact) mass is 272 g/mol. The van der Waals surface area contributed by atoms with Gasteiger partial charge in [-0.1, -0.05) is 42.5 Å². The van der Waals surface area contributed by atoms with Crippen molar-refractivity contribution >= 4 is 16.6 Å². The molecule has 0 aromatic heterocycles. The highest BCUT2D eigenvalue weighted by Crippen LogP contribution is 2.16. The molecule has 0 bridgehead atoms. The molecule has 0 saturated heterocycles. The Hall–Kier alpha value is -1.74. The number of hydrogen-bond acceptors (Lipinski definition) is 2. The number of benzene rings is 2. The van der Waals surface area contributed by atoms with Crippen LogP contribution < -0.4 is 0 Å². The Morgan fingerprint density at radius 1 is 1.05 bits per heavy atom. The van der Waals surface area contributed by atoms with Gasteiger partial charge in [-0.15, -0.1) is 0 Å². The maximum absolute atomic E-state index is 12.4. The van der Waals surface area contributed by atoms with Crippen molar-refractivity contribution in [1.82, 2.24) is 0 Å². The van der Waals surface area contributed by atoms with Crippen molar-refractivity contribution in [3.8, 4) is 0 Å². The molecule has 2 unspecified atom stereocenters. The van der Waals surface area contributed by atoms with Gasteiger partial charge in [-0.25, -0.2) is 0 Å². The highest BCUT2D eigenvalue weighted by molar-refractivity contribution is 7.86. The van der Waals surface area contributed by atoms with E-state index in [1.165, 1.54) is 0 Å². The van der Waals surface area contributed by atoms with Gasteiger partial charge in [-0.05, 0) is 31.5 Å². The first kappa shape index (κ1) is 13.7. The van der Waals surface area contributed by atoms with Crippen molar-refractivity contribution in [2.24, 2.45) is 0 Å². The fourth-order valence-corrected chi connectivity index (χ4v) is 3.13. The number of rotatable bonds is 4. The van der Waals surface area contributed by atoms with Gasteiger partial charge in [-0.3, -0.25) is 9.00 Å². The van der Waals surface area contributed by atoms with E-state index in [2.05, 4.69) is 0 Å². The lowest BCUT2D eigenvalue weighted by atomic mass is 10.1. The molecule has 3 heteroatoms. The Morgan fingerprint density at radius 2 is 1.74 bits per heavy atom. The van der Waals surface area contributed by atoms with Crippen LogP contribution in [0.2, 0.25) is 0 Å². The second kappa shape index (κ2) is 5.93. The van der Waals surface area contributed by atoms with E-state index in [0.717, 1.165) is 5.56 Å². The van der Waals surface area contributed by atoms with Gasteiger partial charge in [0.05, 0.1) is 16.0 Å².